The van der Waals surface area contributed by atoms with Gasteiger partial charge in [0.2, 0.25) is 0 Å². The van der Waals surface area contributed by atoms with E-state index in [0.29, 0.717) is 17.1 Å². The van der Waals surface area contributed by atoms with Crippen LogP contribution in [-0.4, -0.2) is 10.3 Å². The molecule has 0 atom stereocenters. The summed E-state index contributed by atoms with van der Waals surface area (Å²) in [5.74, 6) is 1.21. The van der Waals surface area contributed by atoms with Crippen molar-refractivity contribution in [3.63, 3.8) is 0 Å². The molecule has 1 aromatic carbocycles. The van der Waals surface area contributed by atoms with Gasteiger partial charge in [0.15, 0.2) is 11.6 Å². The molecule has 5 heteroatoms. The molecule has 0 radical (unpaired) electrons. The molecule has 0 aliphatic carbocycles. The lowest BCUT2D eigenvalue weighted by Gasteiger charge is -2.15. The largest absolute Gasteiger partial charge is 0.507 e. The van der Waals surface area contributed by atoms with Crippen molar-refractivity contribution in [2.75, 3.05) is 5.73 Å². The first kappa shape index (κ1) is 13.0. The molecule has 0 aliphatic heterocycles. The van der Waals surface area contributed by atoms with Crippen LogP contribution in [0, 0.1) is 6.92 Å². The van der Waals surface area contributed by atoms with Gasteiger partial charge in [-0.2, -0.15) is 0 Å². The molecule has 0 spiro atoms. The van der Waals surface area contributed by atoms with Gasteiger partial charge in [0.25, 0.3) is 0 Å². The van der Waals surface area contributed by atoms with Crippen LogP contribution in [0.2, 0.25) is 0 Å². The Balaban J connectivity index is 2.73. The van der Waals surface area contributed by atoms with Gasteiger partial charge in [0, 0.05) is 10.5 Å². The van der Waals surface area contributed by atoms with E-state index in [1.807, 2.05) is 26.8 Å². The first-order valence-electron chi connectivity index (χ1n) is 5.66. The van der Waals surface area contributed by atoms with Crippen molar-refractivity contribution >= 4 is 21.7 Å². The number of nitrogens with two attached hydrogens (primary N) is 1. The highest BCUT2D eigenvalue weighted by atomic mass is 79.9. The number of benzene rings is 1. The Labute approximate surface area is 114 Å². The minimum Gasteiger partial charge on any atom is -0.507 e. The van der Waals surface area contributed by atoms with Crippen molar-refractivity contribution in [1.29, 1.82) is 0 Å². The van der Waals surface area contributed by atoms with E-state index in [-0.39, 0.29) is 11.7 Å². The molecule has 0 fully saturated rings. The Morgan fingerprint density at radius 2 is 2.06 bits per heavy atom. The molecule has 3 N–H and O–H groups in total. The van der Waals surface area contributed by atoms with Gasteiger partial charge in [-0.15, -0.1) is 0 Å². The fraction of sp³-hybridized carbons (Fsp3) is 0.308. The fourth-order valence-electron chi connectivity index (χ4n) is 1.90. The second-order valence-corrected chi connectivity index (χ2v) is 5.42. The molecule has 0 amide bonds. The highest BCUT2D eigenvalue weighted by Crippen LogP contribution is 2.42. The maximum atomic E-state index is 10.4. The Morgan fingerprint density at radius 3 is 2.56 bits per heavy atom. The Morgan fingerprint density at radius 1 is 1.39 bits per heavy atom. The van der Waals surface area contributed by atoms with Gasteiger partial charge in [0.05, 0.1) is 5.56 Å². The van der Waals surface area contributed by atoms with Crippen molar-refractivity contribution < 1.29 is 9.63 Å². The van der Waals surface area contributed by atoms with E-state index < -0.39 is 0 Å². The van der Waals surface area contributed by atoms with Crippen molar-refractivity contribution in [2.45, 2.75) is 26.7 Å². The molecular formula is C13H15BrN2O2. The first-order chi connectivity index (χ1) is 8.41. The number of phenols is 1. The van der Waals surface area contributed by atoms with Gasteiger partial charge >= 0.3 is 0 Å². The van der Waals surface area contributed by atoms with Crippen LogP contribution in [0.4, 0.5) is 5.82 Å². The third kappa shape index (κ3) is 2.10. The zero-order chi connectivity index (χ0) is 13.4. The number of rotatable bonds is 2. The second kappa shape index (κ2) is 4.65. The molecule has 2 aromatic rings. The van der Waals surface area contributed by atoms with E-state index in [0.717, 1.165) is 15.6 Å². The van der Waals surface area contributed by atoms with Crippen LogP contribution in [0.15, 0.2) is 21.1 Å². The quantitative estimate of drug-likeness (QED) is 0.884. The Hall–Kier alpha value is -1.49. The smallest absolute Gasteiger partial charge is 0.173 e. The summed E-state index contributed by atoms with van der Waals surface area (Å²) in [5, 5.41) is 14.0. The number of aromatic nitrogens is 1. The molecule has 0 aliphatic rings. The summed E-state index contributed by atoms with van der Waals surface area (Å²) in [6.45, 7) is 5.95. The normalized spacial score (nSPS) is 11.2. The van der Waals surface area contributed by atoms with E-state index in [2.05, 4.69) is 21.1 Å². The summed E-state index contributed by atoms with van der Waals surface area (Å²) in [5.41, 5.74) is 7.95. The number of hydrogen-bond acceptors (Lipinski definition) is 4. The van der Waals surface area contributed by atoms with E-state index >= 15 is 0 Å². The second-order valence-electron chi connectivity index (χ2n) is 4.57. The Bertz CT molecular complexity index is 591. The van der Waals surface area contributed by atoms with Crippen LogP contribution in [0.25, 0.3) is 11.3 Å². The topological polar surface area (TPSA) is 72.3 Å². The van der Waals surface area contributed by atoms with Crippen LogP contribution in [0.1, 0.15) is 30.9 Å². The van der Waals surface area contributed by atoms with Crippen molar-refractivity contribution in [3.8, 4) is 17.1 Å². The summed E-state index contributed by atoms with van der Waals surface area (Å²) in [7, 11) is 0. The molecular weight excluding hydrogens is 296 g/mol. The number of phenolic OH excluding ortho intramolecular Hbond substituents is 1. The molecule has 4 nitrogen and oxygen atoms in total. The number of nitrogen functional groups attached to an aromatic ring is 1. The Kier molecular flexibility index (Phi) is 3.34. The summed E-state index contributed by atoms with van der Waals surface area (Å²) < 4.78 is 6.07. The van der Waals surface area contributed by atoms with Crippen LogP contribution in [0.5, 0.6) is 5.75 Å². The van der Waals surface area contributed by atoms with E-state index in [4.69, 9.17) is 10.3 Å². The number of hydrogen-bond donors (Lipinski definition) is 2. The minimum atomic E-state index is 0.209. The van der Waals surface area contributed by atoms with Crippen LogP contribution in [0.3, 0.4) is 0 Å². The van der Waals surface area contributed by atoms with Crippen LogP contribution in [-0.2, 0) is 0 Å². The lowest BCUT2D eigenvalue weighted by atomic mass is 9.95. The average Bonchev–Trinajstić information content (AvgIpc) is 2.70. The third-order valence-electron chi connectivity index (χ3n) is 2.92. The maximum absolute atomic E-state index is 10.4. The molecule has 96 valence electrons. The van der Waals surface area contributed by atoms with Crippen LogP contribution < -0.4 is 5.73 Å². The fourth-order valence-corrected chi connectivity index (χ4v) is 2.35. The van der Waals surface area contributed by atoms with Crippen molar-refractivity contribution in [2.24, 2.45) is 0 Å². The molecule has 1 heterocycles. The predicted molar refractivity (Wildman–Crippen MR) is 74.5 cm³/mol. The molecule has 1 aromatic heterocycles. The molecule has 0 bridgehead atoms. The molecule has 0 saturated carbocycles. The maximum Gasteiger partial charge on any atom is 0.173 e. The van der Waals surface area contributed by atoms with Gasteiger partial charge in [-0.1, -0.05) is 34.9 Å². The first-order valence-corrected chi connectivity index (χ1v) is 6.45. The average molecular weight is 311 g/mol. The van der Waals surface area contributed by atoms with Gasteiger partial charge in [-0.05, 0) is 30.0 Å². The van der Waals surface area contributed by atoms with Crippen molar-refractivity contribution in [3.05, 3.63) is 27.7 Å². The van der Waals surface area contributed by atoms with Gasteiger partial charge in [0.1, 0.15) is 5.75 Å². The van der Waals surface area contributed by atoms with E-state index in [9.17, 15) is 5.11 Å². The number of nitrogens with zero attached hydrogens (tertiary/aromatic N) is 1. The number of aromatic hydroxyl groups is 1. The summed E-state index contributed by atoms with van der Waals surface area (Å²) in [6, 6.07) is 3.54. The highest BCUT2D eigenvalue weighted by Gasteiger charge is 2.20. The monoisotopic (exact) mass is 310 g/mol. The molecule has 0 saturated heterocycles. The minimum absolute atomic E-state index is 0.209. The zero-order valence-corrected chi connectivity index (χ0v) is 12.1. The van der Waals surface area contributed by atoms with Gasteiger partial charge < -0.3 is 15.4 Å². The molecule has 0 unspecified atom stereocenters. The van der Waals surface area contributed by atoms with E-state index in [1.165, 1.54) is 0 Å². The SMILES string of the molecule is Cc1c(Br)cc(C(C)C)c(O)c1-c1cc(N)no1. The third-order valence-corrected chi connectivity index (χ3v) is 3.75. The summed E-state index contributed by atoms with van der Waals surface area (Å²) >= 11 is 3.50. The van der Waals surface area contributed by atoms with Gasteiger partial charge in [-0.25, -0.2) is 0 Å². The summed E-state index contributed by atoms with van der Waals surface area (Å²) in [6.07, 6.45) is 0. The predicted octanol–water partition coefficient (Wildman–Crippen LogP) is 3.82. The number of halogens is 1. The van der Waals surface area contributed by atoms with Gasteiger partial charge in [-0.3, -0.25) is 0 Å². The highest BCUT2D eigenvalue weighted by molar-refractivity contribution is 9.10. The number of anilines is 1. The zero-order valence-electron chi connectivity index (χ0n) is 10.5. The summed E-state index contributed by atoms with van der Waals surface area (Å²) in [4.78, 5) is 0. The van der Waals surface area contributed by atoms with E-state index in [1.54, 1.807) is 6.07 Å². The lowest BCUT2D eigenvalue weighted by Crippen LogP contribution is -1.94. The standard InChI is InChI=1S/C13H15BrN2O2/c1-6(2)8-4-9(14)7(3)12(13(8)17)10-5-11(15)16-18-10/h4-6,17H,1-3H3,(H2,15,16). The van der Waals surface area contributed by atoms with Crippen molar-refractivity contribution in [1.82, 2.24) is 5.16 Å². The lowest BCUT2D eigenvalue weighted by molar-refractivity contribution is 0.427. The molecule has 18 heavy (non-hydrogen) atoms. The van der Waals surface area contributed by atoms with Crippen LogP contribution >= 0.6 is 15.9 Å². The molecule has 2 rings (SSSR count).